The molecule has 0 aromatic heterocycles. The first-order chi connectivity index (χ1) is 13.5. The summed E-state index contributed by atoms with van der Waals surface area (Å²) < 4.78 is 15.8. The van der Waals surface area contributed by atoms with Crippen LogP contribution in [-0.2, 0) is 38.2 Å². The maximum atomic E-state index is 11.5. The summed E-state index contributed by atoms with van der Waals surface area (Å²) in [6.45, 7) is 3.02. The molecule has 0 unspecified atom stereocenters. The summed E-state index contributed by atoms with van der Waals surface area (Å²) in [6, 6.07) is 0. The van der Waals surface area contributed by atoms with Crippen LogP contribution in [0.25, 0.3) is 0 Å². The van der Waals surface area contributed by atoms with Gasteiger partial charge in [0.25, 0.3) is 11.8 Å². The van der Waals surface area contributed by atoms with E-state index in [1.807, 2.05) is 0 Å². The maximum Gasteiger partial charge on any atom is 0.335 e. The highest BCUT2D eigenvalue weighted by molar-refractivity contribution is 6.01. The predicted molar refractivity (Wildman–Crippen MR) is 95.8 cm³/mol. The van der Waals surface area contributed by atoms with E-state index in [2.05, 4.69) is 10.6 Å². The Kier molecular flexibility index (Phi) is 12.8. The second kappa shape index (κ2) is 14.9. The summed E-state index contributed by atoms with van der Waals surface area (Å²) >= 11 is 0. The monoisotopic (exact) mass is 403 g/mol. The van der Waals surface area contributed by atoms with Crippen LogP contribution >= 0.6 is 0 Å². The number of rotatable bonds is 16. The highest BCUT2D eigenvalue weighted by Crippen LogP contribution is 2.12. The SMILES string of the molecule is CNCCC(=O)NCCOCCOCCOCCC(=O)ON1C(=O)CCC1=O. The van der Waals surface area contributed by atoms with Crippen molar-refractivity contribution in [3.05, 3.63) is 0 Å². The Balaban J connectivity index is 1.84. The molecule has 0 radical (unpaired) electrons. The van der Waals surface area contributed by atoms with Crippen molar-refractivity contribution in [2.24, 2.45) is 0 Å². The average Bonchev–Trinajstić information content (AvgIpc) is 2.99. The van der Waals surface area contributed by atoms with Crippen molar-refractivity contribution in [3.8, 4) is 0 Å². The van der Waals surface area contributed by atoms with E-state index in [1.54, 1.807) is 7.05 Å². The summed E-state index contributed by atoms with van der Waals surface area (Å²) in [7, 11) is 1.79. The van der Waals surface area contributed by atoms with Gasteiger partial charge in [-0.15, -0.1) is 5.06 Å². The number of imide groups is 1. The van der Waals surface area contributed by atoms with E-state index in [4.69, 9.17) is 19.0 Å². The lowest BCUT2D eigenvalue weighted by Gasteiger charge is -2.12. The molecule has 0 bridgehead atoms. The van der Waals surface area contributed by atoms with Gasteiger partial charge >= 0.3 is 5.97 Å². The Labute approximate surface area is 163 Å². The first-order valence-corrected chi connectivity index (χ1v) is 9.25. The number of hydroxylamine groups is 2. The maximum absolute atomic E-state index is 11.5. The van der Waals surface area contributed by atoms with E-state index in [0.29, 0.717) is 51.0 Å². The molecule has 1 heterocycles. The number of ether oxygens (including phenoxy) is 3. The third kappa shape index (κ3) is 10.9. The molecule has 0 aliphatic carbocycles. The van der Waals surface area contributed by atoms with E-state index in [-0.39, 0.29) is 38.4 Å². The van der Waals surface area contributed by atoms with Gasteiger partial charge in [-0.2, -0.15) is 0 Å². The fourth-order valence-corrected chi connectivity index (χ4v) is 2.09. The molecule has 2 N–H and O–H groups in total. The van der Waals surface area contributed by atoms with Crippen LogP contribution < -0.4 is 10.6 Å². The molecule has 1 saturated heterocycles. The molecule has 3 amide bonds. The van der Waals surface area contributed by atoms with E-state index in [1.165, 1.54) is 0 Å². The standard InChI is InChI=1S/C17H29N3O8/c1-18-6-4-14(21)19-7-9-26-11-13-27-12-10-25-8-5-17(24)28-20-15(22)2-3-16(20)23/h18H,2-13H2,1H3,(H,19,21). The molecule has 1 aliphatic heterocycles. The molecular weight excluding hydrogens is 374 g/mol. The first kappa shape index (κ1) is 24.0. The van der Waals surface area contributed by atoms with Gasteiger partial charge in [0.05, 0.1) is 46.1 Å². The molecule has 1 fully saturated rings. The third-order valence-electron chi connectivity index (χ3n) is 3.56. The number of nitrogens with zero attached hydrogens (tertiary/aromatic N) is 1. The Morgan fingerprint density at radius 3 is 2.04 bits per heavy atom. The van der Waals surface area contributed by atoms with Gasteiger partial charge in [-0.05, 0) is 7.05 Å². The number of carbonyl (C=O) groups is 4. The molecule has 0 spiro atoms. The van der Waals surface area contributed by atoms with E-state index >= 15 is 0 Å². The van der Waals surface area contributed by atoms with Gasteiger partial charge in [0.1, 0.15) is 0 Å². The van der Waals surface area contributed by atoms with Gasteiger partial charge in [-0.25, -0.2) is 4.79 Å². The first-order valence-electron chi connectivity index (χ1n) is 9.25. The molecule has 28 heavy (non-hydrogen) atoms. The second-order valence-corrected chi connectivity index (χ2v) is 5.84. The van der Waals surface area contributed by atoms with Crippen molar-refractivity contribution in [3.63, 3.8) is 0 Å². The van der Waals surface area contributed by atoms with Crippen LogP contribution in [0, 0.1) is 0 Å². The number of nitrogens with one attached hydrogen (secondary N) is 2. The van der Waals surface area contributed by atoms with E-state index in [0.717, 1.165) is 0 Å². The minimum atomic E-state index is -0.698. The Morgan fingerprint density at radius 2 is 1.43 bits per heavy atom. The molecule has 11 heteroatoms. The number of carbonyl (C=O) groups excluding carboxylic acids is 4. The average molecular weight is 403 g/mol. The molecular formula is C17H29N3O8. The molecule has 0 aromatic rings. The van der Waals surface area contributed by atoms with Gasteiger partial charge in [-0.3, -0.25) is 14.4 Å². The molecule has 1 rings (SSSR count). The lowest BCUT2D eigenvalue weighted by molar-refractivity contribution is -0.198. The summed E-state index contributed by atoms with van der Waals surface area (Å²) in [4.78, 5) is 50.1. The number of hydrogen-bond donors (Lipinski definition) is 2. The van der Waals surface area contributed by atoms with Crippen LogP contribution in [0.5, 0.6) is 0 Å². The van der Waals surface area contributed by atoms with Gasteiger partial charge in [0, 0.05) is 32.4 Å². The predicted octanol–water partition coefficient (Wildman–Crippen LogP) is -1.24. The normalized spacial score (nSPS) is 13.8. The Bertz CT molecular complexity index is 499. The summed E-state index contributed by atoms with van der Waals surface area (Å²) in [6.07, 6.45) is 0.496. The van der Waals surface area contributed by atoms with Crippen molar-refractivity contribution >= 4 is 23.7 Å². The molecule has 0 aromatic carbocycles. The van der Waals surface area contributed by atoms with Gasteiger partial charge < -0.3 is 29.7 Å². The zero-order chi connectivity index (χ0) is 20.6. The van der Waals surface area contributed by atoms with Crippen molar-refractivity contribution < 1.29 is 38.2 Å². The second-order valence-electron chi connectivity index (χ2n) is 5.84. The van der Waals surface area contributed by atoms with Crippen molar-refractivity contribution in [1.29, 1.82) is 0 Å². The van der Waals surface area contributed by atoms with E-state index < -0.39 is 17.8 Å². The minimum absolute atomic E-state index is 0.0196. The summed E-state index contributed by atoms with van der Waals surface area (Å²) in [5, 5.41) is 6.15. The van der Waals surface area contributed by atoms with Crippen molar-refractivity contribution in [2.45, 2.75) is 25.7 Å². The van der Waals surface area contributed by atoms with Crippen LogP contribution in [0.2, 0.25) is 0 Å². The third-order valence-corrected chi connectivity index (χ3v) is 3.56. The molecule has 0 saturated carbocycles. The molecule has 160 valence electrons. The Morgan fingerprint density at radius 1 is 0.857 bits per heavy atom. The van der Waals surface area contributed by atoms with Crippen LogP contribution in [0.15, 0.2) is 0 Å². The smallest absolute Gasteiger partial charge is 0.335 e. The number of hydrogen-bond acceptors (Lipinski definition) is 9. The zero-order valence-corrected chi connectivity index (χ0v) is 16.2. The molecule has 11 nitrogen and oxygen atoms in total. The number of amides is 3. The van der Waals surface area contributed by atoms with Crippen LogP contribution in [0.1, 0.15) is 25.7 Å². The fourth-order valence-electron chi connectivity index (χ4n) is 2.09. The summed E-state index contributed by atoms with van der Waals surface area (Å²) in [5.74, 6) is -1.73. The van der Waals surface area contributed by atoms with Crippen molar-refractivity contribution in [2.75, 3.05) is 59.8 Å². The van der Waals surface area contributed by atoms with Crippen molar-refractivity contribution in [1.82, 2.24) is 15.7 Å². The highest BCUT2D eigenvalue weighted by Gasteiger charge is 2.32. The van der Waals surface area contributed by atoms with Crippen LogP contribution in [0.3, 0.4) is 0 Å². The quantitative estimate of drug-likeness (QED) is 0.240. The lowest BCUT2D eigenvalue weighted by Crippen LogP contribution is -2.32. The molecule has 1 aliphatic rings. The zero-order valence-electron chi connectivity index (χ0n) is 16.2. The largest absolute Gasteiger partial charge is 0.378 e. The minimum Gasteiger partial charge on any atom is -0.378 e. The Hall–Kier alpha value is -2.08. The highest BCUT2D eigenvalue weighted by atomic mass is 16.7. The van der Waals surface area contributed by atoms with Gasteiger partial charge in [-0.1, -0.05) is 0 Å². The lowest BCUT2D eigenvalue weighted by atomic mass is 10.4. The van der Waals surface area contributed by atoms with Gasteiger partial charge in [0.15, 0.2) is 0 Å². The van der Waals surface area contributed by atoms with Crippen LogP contribution in [-0.4, -0.2) is 88.5 Å². The van der Waals surface area contributed by atoms with Crippen LogP contribution in [0.4, 0.5) is 0 Å². The summed E-state index contributed by atoms with van der Waals surface area (Å²) in [5.41, 5.74) is 0. The topological polar surface area (TPSA) is 132 Å². The van der Waals surface area contributed by atoms with E-state index in [9.17, 15) is 19.2 Å². The fraction of sp³-hybridized carbons (Fsp3) is 0.765. The van der Waals surface area contributed by atoms with Gasteiger partial charge in [0.2, 0.25) is 5.91 Å². The molecule has 0 atom stereocenters.